The van der Waals surface area contributed by atoms with Crippen molar-refractivity contribution >= 4 is 30.7 Å². The first kappa shape index (κ1) is 25.0. The van der Waals surface area contributed by atoms with E-state index in [2.05, 4.69) is 17.2 Å². The average Bonchev–Trinajstić information content (AvgIpc) is 2.65. The Labute approximate surface area is 172 Å². The number of nitrogens with zero attached hydrogens (tertiary/aromatic N) is 1. The highest BCUT2D eigenvalue weighted by Gasteiger charge is 2.08. The van der Waals surface area contributed by atoms with Crippen molar-refractivity contribution in [2.24, 2.45) is 5.73 Å². The van der Waals surface area contributed by atoms with E-state index in [0.29, 0.717) is 44.2 Å². The van der Waals surface area contributed by atoms with Gasteiger partial charge in [0.2, 0.25) is 11.8 Å². The molecule has 8 heteroatoms. The average molecular weight is 416 g/mol. The maximum Gasteiger partial charge on any atom is 0.224 e. The molecule has 150 valence electrons. The number of hydrogen-bond acceptors (Lipinski definition) is 5. The van der Waals surface area contributed by atoms with Crippen molar-refractivity contribution in [2.45, 2.75) is 32.7 Å². The molecule has 1 heterocycles. The normalized spacial score (nSPS) is 9.56. The summed E-state index contributed by atoms with van der Waals surface area (Å²) in [6.07, 6.45) is 3.72. The highest BCUT2D eigenvalue weighted by Crippen LogP contribution is 2.25. The lowest BCUT2D eigenvalue weighted by Gasteiger charge is -2.11. The fourth-order valence-corrected chi connectivity index (χ4v) is 2.13. The van der Waals surface area contributed by atoms with Gasteiger partial charge in [-0.2, -0.15) is 0 Å². The Bertz CT molecular complexity index is 670. The molecular formula is C19H27Cl2N3O3. The third kappa shape index (κ3) is 8.95. The summed E-state index contributed by atoms with van der Waals surface area (Å²) < 4.78 is 11.4. The zero-order chi connectivity index (χ0) is 17.9. The van der Waals surface area contributed by atoms with E-state index < -0.39 is 0 Å². The molecule has 0 atom stereocenters. The number of hydrogen-bond donors (Lipinski definition) is 2. The highest BCUT2D eigenvalue weighted by molar-refractivity contribution is 5.85. The fourth-order valence-electron chi connectivity index (χ4n) is 2.13. The van der Waals surface area contributed by atoms with Crippen LogP contribution in [0.3, 0.4) is 0 Å². The SMILES string of the molecule is CCCOc1ccc(Oc2ncccc2CNC(=O)CCCN)cc1.Cl.Cl. The maximum absolute atomic E-state index is 11.7. The van der Waals surface area contributed by atoms with Gasteiger partial charge in [-0.15, -0.1) is 24.8 Å². The molecule has 0 aliphatic rings. The van der Waals surface area contributed by atoms with Crippen LogP contribution in [0.4, 0.5) is 0 Å². The monoisotopic (exact) mass is 415 g/mol. The molecule has 0 aliphatic heterocycles. The topological polar surface area (TPSA) is 86.5 Å². The molecule has 0 saturated carbocycles. The van der Waals surface area contributed by atoms with Crippen molar-refractivity contribution in [2.75, 3.05) is 13.2 Å². The molecule has 0 spiro atoms. The molecule has 0 saturated heterocycles. The van der Waals surface area contributed by atoms with Gasteiger partial charge in [-0.3, -0.25) is 4.79 Å². The molecular weight excluding hydrogens is 389 g/mol. The molecule has 1 amide bonds. The first-order chi connectivity index (χ1) is 12.2. The number of carbonyl (C=O) groups excluding carboxylic acids is 1. The Hall–Kier alpha value is -2.02. The number of rotatable bonds is 10. The molecule has 2 aromatic rings. The molecule has 0 aliphatic carbocycles. The standard InChI is InChI=1S/C19H25N3O3.2ClH/c1-2-13-24-16-7-9-17(10-8-16)25-19-15(5-4-12-21-19)14-22-18(23)6-3-11-20;;/h4-5,7-10,12H,2-3,6,11,13-14,20H2,1H3,(H,22,23);2*1H. The third-order valence-corrected chi connectivity index (χ3v) is 3.45. The van der Waals surface area contributed by atoms with Crippen molar-refractivity contribution in [1.29, 1.82) is 0 Å². The van der Waals surface area contributed by atoms with Crippen molar-refractivity contribution in [3.8, 4) is 17.4 Å². The number of benzene rings is 1. The van der Waals surface area contributed by atoms with E-state index >= 15 is 0 Å². The van der Waals surface area contributed by atoms with Gasteiger partial charge >= 0.3 is 0 Å². The van der Waals surface area contributed by atoms with Crippen LogP contribution in [0.15, 0.2) is 42.6 Å². The molecule has 3 N–H and O–H groups in total. The lowest BCUT2D eigenvalue weighted by molar-refractivity contribution is -0.121. The molecule has 6 nitrogen and oxygen atoms in total. The van der Waals surface area contributed by atoms with E-state index in [4.69, 9.17) is 15.2 Å². The van der Waals surface area contributed by atoms with Gasteiger partial charge in [0.25, 0.3) is 0 Å². The van der Waals surface area contributed by atoms with E-state index in [-0.39, 0.29) is 30.7 Å². The number of pyridine rings is 1. The van der Waals surface area contributed by atoms with Crippen LogP contribution in [0.25, 0.3) is 0 Å². The summed E-state index contributed by atoms with van der Waals surface area (Å²) in [4.78, 5) is 16.0. The molecule has 1 aromatic carbocycles. The van der Waals surface area contributed by atoms with Gasteiger partial charge in [0.05, 0.1) is 6.61 Å². The van der Waals surface area contributed by atoms with Crippen LogP contribution in [0.1, 0.15) is 31.7 Å². The minimum Gasteiger partial charge on any atom is -0.494 e. The van der Waals surface area contributed by atoms with Crippen molar-refractivity contribution in [3.05, 3.63) is 48.2 Å². The van der Waals surface area contributed by atoms with Crippen LogP contribution in [-0.2, 0) is 11.3 Å². The van der Waals surface area contributed by atoms with E-state index in [0.717, 1.165) is 17.7 Å². The second kappa shape index (κ2) is 14.1. The van der Waals surface area contributed by atoms with Gasteiger partial charge in [0.1, 0.15) is 11.5 Å². The van der Waals surface area contributed by atoms with Gasteiger partial charge in [-0.1, -0.05) is 13.0 Å². The van der Waals surface area contributed by atoms with Crippen LogP contribution in [0, 0.1) is 0 Å². The van der Waals surface area contributed by atoms with E-state index in [1.807, 2.05) is 36.4 Å². The fraction of sp³-hybridized carbons (Fsp3) is 0.368. The maximum atomic E-state index is 11.7. The lowest BCUT2D eigenvalue weighted by atomic mass is 10.2. The van der Waals surface area contributed by atoms with Gasteiger partial charge < -0.3 is 20.5 Å². The van der Waals surface area contributed by atoms with Crippen LogP contribution in [0.5, 0.6) is 17.4 Å². The second-order valence-electron chi connectivity index (χ2n) is 5.56. The van der Waals surface area contributed by atoms with Gasteiger partial charge in [-0.25, -0.2) is 4.98 Å². The number of aromatic nitrogens is 1. The predicted octanol–water partition coefficient (Wildman–Crippen LogP) is 3.86. The first-order valence-corrected chi connectivity index (χ1v) is 8.54. The Morgan fingerprint density at radius 3 is 2.52 bits per heavy atom. The van der Waals surface area contributed by atoms with E-state index in [1.165, 1.54) is 0 Å². The minimum atomic E-state index is -0.0299. The number of ether oxygens (including phenoxy) is 2. The summed E-state index contributed by atoms with van der Waals surface area (Å²) in [5.41, 5.74) is 6.23. The van der Waals surface area contributed by atoms with Gasteiger partial charge in [-0.05, 0) is 49.7 Å². The molecule has 27 heavy (non-hydrogen) atoms. The summed E-state index contributed by atoms with van der Waals surface area (Å²) in [6, 6.07) is 11.1. The van der Waals surface area contributed by atoms with Crippen molar-refractivity contribution in [3.63, 3.8) is 0 Å². The lowest BCUT2D eigenvalue weighted by Crippen LogP contribution is -2.23. The van der Waals surface area contributed by atoms with E-state index in [9.17, 15) is 4.79 Å². The number of carbonyl (C=O) groups is 1. The molecule has 0 radical (unpaired) electrons. The zero-order valence-electron chi connectivity index (χ0n) is 15.3. The van der Waals surface area contributed by atoms with Gasteiger partial charge in [0, 0.05) is 24.7 Å². The first-order valence-electron chi connectivity index (χ1n) is 8.54. The third-order valence-electron chi connectivity index (χ3n) is 3.45. The quantitative estimate of drug-likeness (QED) is 0.614. The van der Waals surface area contributed by atoms with E-state index in [1.54, 1.807) is 6.20 Å². The predicted molar refractivity (Wildman–Crippen MR) is 111 cm³/mol. The molecule has 2 rings (SSSR count). The molecule has 0 bridgehead atoms. The van der Waals surface area contributed by atoms with Gasteiger partial charge in [0.15, 0.2) is 0 Å². The summed E-state index contributed by atoms with van der Waals surface area (Å²) >= 11 is 0. The number of halogens is 2. The Balaban J connectivity index is 0.00000338. The second-order valence-corrected chi connectivity index (χ2v) is 5.56. The number of nitrogens with two attached hydrogens (primary N) is 1. The largest absolute Gasteiger partial charge is 0.494 e. The minimum absolute atomic E-state index is 0. The Kier molecular flexibility index (Phi) is 13.0. The van der Waals surface area contributed by atoms with Crippen LogP contribution in [-0.4, -0.2) is 24.0 Å². The van der Waals surface area contributed by atoms with Crippen LogP contribution < -0.4 is 20.5 Å². The number of amides is 1. The van der Waals surface area contributed by atoms with Crippen molar-refractivity contribution < 1.29 is 14.3 Å². The molecule has 0 unspecified atom stereocenters. The molecule has 1 aromatic heterocycles. The summed E-state index contributed by atoms with van der Waals surface area (Å²) in [7, 11) is 0. The zero-order valence-corrected chi connectivity index (χ0v) is 17.0. The van der Waals surface area contributed by atoms with Crippen LogP contribution >= 0.6 is 24.8 Å². The summed E-state index contributed by atoms with van der Waals surface area (Å²) in [6.45, 7) is 3.63. The molecule has 0 fully saturated rings. The van der Waals surface area contributed by atoms with Crippen LogP contribution in [0.2, 0.25) is 0 Å². The van der Waals surface area contributed by atoms with Crippen molar-refractivity contribution in [1.82, 2.24) is 10.3 Å². The summed E-state index contributed by atoms with van der Waals surface area (Å²) in [5.74, 6) is 1.92. The Morgan fingerprint density at radius 2 is 1.85 bits per heavy atom. The highest BCUT2D eigenvalue weighted by atomic mass is 35.5. The Morgan fingerprint density at radius 1 is 1.15 bits per heavy atom. The summed E-state index contributed by atoms with van der Waals surface area (Å²) in [5, 5.41) is 2.86. The number of nitrogens with one attached hydrogen (secondary N) is 1. The smallest absolute Gasteiger partial charge is 0.224 e.